The number of nitrogens with zero attached hydrogens (tertiary/aromatic N) is 2. The predicted molar refractivity (Wildman–Crippen MR) is 120 cm³/mol. The van der Waals surface area contributed by atoms with Crippen molar-refractivity contribution < 1.29 is 4.74 Å². The Morgan fingerprint density at radius 2 is 1.92 bits per heavy atom. The number of rotatable bonds is 8. The van der Waals surface area contributed by atoms with Gasteiger partial charge in [0.25, 0.3) is 0 Å². The van der Waals surface area contributed by atoms with Crippen molar-refractivity contribution in [1.29, 1.82) is 0 Å². The van der Waals surface area contributed by atoms with E-state index in [0.717, 1.165) is 38.0 Å². The number of methoxy groups -OCH3 is 1. The predicted octanol–water partition coefficient (Wildman–Crippen LogP) is 3.28. The lowest BCUT2D eigenvalue weighted by molar-refractivity contribution is 0.138. The summed E-state index contributed by atoms with van der Waals surface area (Å²) in [6, 6.07) is 11.2. The van der Waals surface area contributed by atoms with E-state index in [2.05, 4.69) is 57.8 Å². The second kappa shape index (κ2) is 13.3. The van der Waals surface area contributed by atoms with E-state index in [4.69, 9.17) is 4.74 Å². The maximum atomic E-state index is 5.09. The van der Waals surface area contributed by atoms with Crippen molar-refractivity contribution in [2.75, 3.05) is 46.9 Å². The van der Waals surface area contributed by atoms with Crippen LogP contribution in [0.15, 0.2) is 35.3 Å². The summed E-state index contributed by atoms with van der Waals surface area (Å²) in [6.07, 6.45) is 3.55. The Morgan fingerprint density at radius 1 is 1.23 bits per heavy atom. The lowest BCUT2D eigenvalue weighted by atomic mass is 9.95. The molecule has 26 heavy (non-hydrogen) atoms. The Bertz CT molecular complexity index is 504. The summed E-state index contributed by atoms with van der Waals surface area (Å²) in [5, 5.41) is 6.87. The van der Waals surface area contributed by atoms with Crippen LogP contribution in [0, 0.1) is 5.92 Å². The molecule has 2 rings (SSSR count). The molecule has 1 saturated heterocycles. The summed E-state index contributed by atoms with van der Waals surface area (Å²) < 4.78 is 5.09. The highest BCUT2D eigenvalue weighted by Gasteiger charge is 2.24. The molecule has 2 N–H and O–H groups in total. The van der Waals surface area contributed by atoms with Crippen LogP contribution in [0.1, 0.15) is 37.8 Å². The summed E-state index contributed by atoms with van der Waals surface area (Å²) in [5.74, 6) is 1.71. The highest BCUT2D eigenvalue weighted by Crippen LogP contribution is 2.26. The molecule has 1 unspecified atom stereocenters. The van der Waals surface area contributed by atoms with Gasteiger partial charge < -0.3 is 15.4 Å². The number of piperidine rings is 1. The zero-order chi connectivity index (χ0) is 17.9. The van der Waals surface area contributed by atoms with Crippen molar-refractivity contribution in [3.05, 3.63) is 35.9 Å². The van der Waals surface area contributed by atoms with Crippen LogP contribution >= 0.6 is 24.0 Å². The van der Waals surface area contributed by atoms with Crippen molar-refractivity contribution in [2.45, 2.75) is 32.2 Å². The van der Waals surface area contributed by atoms with Crippen molar-refractivity contribution in [3.63, 3.8) is 0 Å². The van der Waals surface area contributed by atoms with E-state index in [9.17, 15) is 0 Å². The monoisotopic (exact) mass is 474 g/mol. The van der Waals surface area contributed by atoms with E-state index in [1.165, 1.54) is 31.5 Å². The molecule has 1 fully saturated rings. The van der Waals surface area contributed by atoms with Gasteiger partial charge in [-0.15, -0.1) is 24.0 Å². The van der Waals surface area contributed by atoms with Crippen LogP contribution in [0.4, 0.5) is 0 Å². The van der Waals surface area contributed by atoms with Crippen LogP contribution in [0.2, 0.25) is 0 Å². The molecule has 1 aromatic rings. The minimum absolute atomic E-state index is 0. The first-order valence-electron chi connectivity index (χ1n) is 9.47. The van der Waals surface area contributed by atoms with Gasteiger partial charge in [0, 0.05) is 33.9 Å². The number of aliphatic imine (C=N–C) groups is 1. The number of guanidine groups is 1. The van der Waals surface area contributed by atoms with E-state index in [0.29, 0.717) is 6.04 Å². The average molecular weight is 474 g/mol. The zero-order valence-corrected chi connectivity index (χ0v) is 18.7. The third-order valence-electron chi connectivity index (χ3n) is 4.95. The van der Waals surface area contributed by atoms with Crippen molar-refractivity contribution in [1.82, 2.24) is 15.5 Å². The standard InChI is InChI=1S/C20H34N4O.HI/c1-17-10-13-24(14-11-17)19(18-8-5-4-6-9-18)16-23-20(21-2)22-12-7-15-25-3;/h4-6,8-9,17,19H,7,10-16H2,1-3H3,(H2,21,22,23);1H. The molecular weight excluding hydrogens is 439 g/mol. The van der Waals surface area contributed by atoms with Gasteiger partial charge in [-0.2, -0.15) is 0 Å². The summed E-state index contributed by atoms with van der Waals surface area (Å²) in [5.41, 5.74) is 1.37. The van der Waals surface area contributed by atoms with E-state index in [1.54, 1.807) is 7.11 Å². The average Bonchev–Trinajstić information content (AvgIpc) is 2.66. The van der Waals surface area contributed by atoms with Gasteiger partial charge in [-0.1, -0.05) is 37.3 Å². The molecule has 0 aromatic heterocycles. The maximum Gasteiger partial charge on any atom is 0.191 e. The number of hydrogen-bond donors (Lipinski definition) is 2. The minimum atomic E-state index is 0. The lowest BCUT2D eigenvalue weighted by Gasteiger charge is -2.37. The van der Waals surface area contributed by atoms with Crippen LogP contribution in [-0.2, 0) is 4.74 Å². The second-order valence-corrected chi connectivity index (χ2v) is 6.87. The quantitative estimate of drug-likeness (QED) is 0.263. The van der Waals surface area contributed by atoms with Gasteiger partial charge in [0.1, 0.15) is 0 Å². The first kappa shape index (κ1) is 23.2. The van der Waals surface area contributed by atoms with Crippen molar-refractivity contribution in [2.24, 2.45) is 10.9 Å². The summed E-state index contributed by atoms with van der Waals surface area (Å²) >= 11 is 0. The van der Waals surface area contributed by atoms with Crippen LogP contribution in [0.5, 0.6) is 0 Å². The summed E-state index contributed by atoms with van der Waals surface area (Å²) in [6.45, 7) is 7.19. The molecular formula is C20H35IN4O. The molecule has 0 spiro atoms. The number of nitrogens with one attached hydrogen (secondary N) is 2. The normalized spacial score (nSPS) is 17.4. The highest BCUT2D eigenvalue weighted by atomic mass is 127. The summed E-state index contributed by atoms with van der Waals surface area (Å²) in [4.78, 5) is 6.96. The minimum Gasteiger partial charge on any atom is -0.385 e. The Balaban J connectivity index is 0.00000338. The van der Waals surface area contributed by atoms with Crippen molar-refractivity contribution >= 4 is 29.9 Å². The van der Waals surface area contributed by atoms with E-state index in [1.807, 2.05) is 7.05 Å². The molecule has 6 heteroatoms. The van der Waals surface area contributed by atoms with Crippen LogP contribution < -0.4 is 10.6 Å². The molecule has 0 aliphatic carbocycles. The fourth-order valence-electron chi connectivity index (χ4n) is 3.31. The third kappa shape index (κ3) is 7.80. The Labute approximate surface area is 176 Å². The molecule has 1 aliphatic heterocycles. The molecule has 0 radical (unpaired) electrons. The molecule has 0 bridgehead atoms. The maximum absolute atomic E-state index is 5.09. The topological polar surface area (TPSA) is 48.9 Å². The molecule has 148 valence electrons. The molecule has 0 amide bonds. The smallest absolute Gasteiger partial charge is 0.191 e. The van der Waals surface area contributed by atoms with E-state index >= 15 is 0 Å². The van der Waals surface area contributed by atoms with Crippen LogP contribution in [0.3, 0.4) is 0 Å². The number of halogens is 1. The third-order valence-corrected chi connectivity index (χ3v) is 4.95. The number of hydrogen-bond acceptors (Lipinski definition) is 3. The fourth-order valence-corrected chi connectivity index (χ4v) is 3.31. The SMILES string of the molecule is CN=C(NCCCOC)NCC(c1ccccc1)N1CCC(C)CC1.I. The molecule has 1 aliphatic rings. The molecule has 1 atom stereocenters. The number of likely N-dealkylation sites (tertiary alicyclic amines) is 1. The Kier molecular flexibility index (Phi) is 11.9. The van der Waals surface area contributed by atoms with Gasteiger partial charge in [-0.3, -0.25) is 9.89 Å². The first-order chi connectivity index (χ1) is 12.2. The molecule has 1 heterocycles. The molecule has 0 saturated carbocycles. The van der Waals surface area contributed by atoms with Gasteiger partial charge in [0.15, 0.2) is 5.96 Å². The van der Waals surface area contributed by atoms with Crippen LogP contribution in [0.25, 0.3) is 0 Å². The second-order valence-electron chi connectivity index (χ2n) is 6.87. The fraction of sp³-hybridized carbons (Fsp3) is 0.650. The Morgan fingerprint density at radius 3 is 2.54 bits per heavy atom. The van der Waals surface area contributed by atoms with Gasteiger partial charge >= 0.3 is 0 Å². The first-order valence-corrected chi connectivity index (χ1v) is 9.47. The van der Waals surface area contributed by atoms with Gasteiger partial charge in [0.2, 0.25) is 0 Å². The van der Waals surface area contributed by atoms with Gasteiger partial charge in [-0.05, 0) is 43.8 Å². The number of ether oxygens (including phenoxy) is 1. The zero-order valence-electron chi connectivity index (χ0n) is 16.4. The van der Waals surface area contributed by atoms with E-state index in [-0.39, 0.29) is 24.0 Å². The highest BCUT2D eigenvalue weighted by molar-refractivity contribution is 14.0. The van der Waals surface area contributed by atoms with E-state index < -0.39 is 0 Å². The summed E-state index contributed by atoms with van der Waals surface area (Å²) in [7, 11) is 3.56. The van der Waals surface area contributed by atoms with Crippen LogP contribution in [-0.4, -0.2) is 57.8 Å². The molecule has 1 aromatic carbocycles. The lowest BCUT2D eigenvalue weighted by Crippen LogP contribution is -2.45. The molecule has 5 nitrogen and oxygen atoms in total. The van der Waals surface area contributed by atoms with Gasteiger partial charge in [-0.25, -0.2) is 0 Å². The largest absolute Gasteiger partial charge is 0.385 e. The van der Waals surface area contributed by atoms with Crippen molar-refractivity contribution in [3.8, 4) is 0 Å². The Hall–Kier alpha value is -0.860. The van der Waals surface area contributed by atoms with Gasteiger partial charge in [0.05, 0.1) is 6.04 Å². The number of benzene rings is 1.